The van der Waals surface area contributed by atoms with Gasteiger partial charge in [-0.15, -0.1) is 0 Å². The molecule has 1 aromatic carbocycles. The second-order valence-corrected chi connectivity index (χ2v) is 5.68. The van der Waals surface area contributed by atoms with Gasteiger partial charge in [0, 0.05) is 17.0 Å². The summed E-state index contributed by atoms with van der Waals surface area (Å²) in [7, 11) is 0. The lowest BCUT2D eigenvalue weighted by atomic mass is 10.1. The van der Waals surface area contributed by atoms with Gasteiger partial charge in [-0.3, -0.25) is 4.79 Å². The Balaban J connectivity index is 2.79. The molecule has 2 nitrogen and oxygen atoms in total. The van der Waals surface area contributed by atoms with Crippen LogP contribution in [0.4, 0.5) is 0 Å². The SMILES string of the molecule is CC(=O)c1c(Cl)n(CC(C)C)c2cc(Cl)ccc12. The smallest absolute Gasteiger partial charge is 0.163 e. The van der Waals surface area contributed by atoms with Crippen LogP contribution in [0.25, 0.3) is 10.9 Å². The predicted octanol–water partition coefficient (Wildman–Crippen LogP) is 4.81. The van der Waals surface area contributed by atoms with E-state index in [2.05, 4.69) is 13.8 Å². The first-order valence-corrected chi connectivity index (χ1v) is 6.65. The number of fused-ring (bicyclic) bond motifs is 1. The van der Waals surface area contributed by atoms with Crippen molar-refractivity contribution in [2.24, 2.45) is 5.92 Å². The van der Waals surface area contributed by atoms with Gasteiger partial charge in [-0.25, -0.2) is 0 Å². The molecular weight excluding hydrogens is 269 g/mol. The Morgan fingerprint density at radius 1 is 1.33 bits per heavy atom. The maximum atomic E-state index is 11.7. The molecule has 2 rings (SSSR count). The molecule has 0 amide bonds. The minimum Gasteiger partial charge on any atom is -0.331 e. The van der Waals surface area contributed by atoms with Crippen molar-refractivity contribution in [3.8, 4) is 0 Å². The summed E-state index contributed by atoms with van der Waals surface area (Å²) in [5.74, 6) is 0.423. The highest BCUT2D eigenvalue weighted by molar-refractivity contribution is 6.36. The van der Waals surface area contributed by atoms with Crippen molar-refractivity contribution < 1.29 is 4.79 Å². The summed E-state index contributed by atoms with van der Waals surface area (Å²) in [5, 5.41) is 2.03. The summed E-state index contributed by atoms with van der Waals surface area (Å²) in [6.07, 6.45) is 0. The number of halogens is 2. The van der Waals surface area contributed by atoms with E-state index in [4.69, 9.17) is 23.2 Å². The van der Waals surface area contributed by atoms with E-state index < -0.39 is 0 Å². The highest BCUT2D eigenvalue weighted by Crippen LogP contribution is 2.32. The summed E-state index contributed by atoms with van der Waals surface area (Å²) < 4.78 is 1.96. The fraction of sp³-hybridized carbons (Fsp3) is 0.357. The number of carbonyl (C=O) groups is 1. The second kappa shape index (κ2) is 4.94. The standard InChI is InChI=1S/C14H15Cl2NO/c1-8(2)7-17-12-6-10(15)4-5-11(12)13(9(3)18)14(17)16/h4-6,8H,7H2,1-3H3. The van der Waals surface area contributed by atoms with E-state index >= 15 is 0 Å². The molecule has 0 spiro atoms. The largest absolute Gasteiger partial charge is 0.331 e. The van der Waals surface area contributed by atoms with Crippen LogP contribution < -0.4 is 0 Å². The van der Waals surface area contributed by atoms with Crippen LogP contribution in [-0.4, -0.2) is 10.4 Å². The Morgan fingerprint density at radius 3 is 2.56 bits per heavy atom. The van der Waals surface area contributed by atoms with E-state index in [0.29, 0.717) is 21.7 Å². The van der Waals surface area contributed by atoms with Crippen LogP contribution in [0.1, 0.15) is 31.1 Å². The van der Waals surface area contributed by atoms with Gasteiger partial charge in [-0.2, -0.15) is 0 Å². The predicted molar refractivity (Wildman–Crippen MR) is 76.8 cm³/mol. The van der Waals surface area contributed by atoms with E-state index in [1.807, 2.05) is 16.7 Å². The number of hydrogen-bond donors (Lipinski definition) is 0. The Hall–Kier alpha value is -0.990. The molecule has 96 valence electrons. The third-order valence-corrected chi connectivity index (χ3v) is 3.49. The van der Waals surface area contributed by atoms with Gasteiger partial charge in [-0.1, -0.05) is 43.1 Å². The van der Waals surface area contributed by atoms with Gasteiger partial charge < -0.3 is 4.57 Å². The number of benzene rings is 1. The third-order valence-electron chi connectivity index (χ3n) is 2.86. The minimum atomic E-state index is -0.0187. The Bertz CT molecular complexity index is 614. The van der Waals surface area contributed by atoms with Crippen LogP contribution in [0, 0.1) is 5.92 Å². The maximum Gasteiger partial charge on any atom is 0.163 e. The number of nitrogens with zero attached hydrogens (tertiary/aromatic N) is 1. The lowest BCUT2D eigenvalue weighted by molar-refractivity contribution is 0.101. The first-order valence-electron chi connectivity index (χ1n) is 5.90. The topological polar surface area (TPSA) is 22.0 Å². The normalized spacial score (nSPS) is 11.4. The van der Waals surface area contributed by atoms with Crippen LogP contribution in [-0.2, 0) is 6.54 Å². The highest BCUT2D eigenvalue weighted by atomic mass is 35.5. The molecule has 0 aliphatic carbocycles. The van der Waals surface area contributed by atoms with E-state index in [1.165, 1.54) is 6.92 Å². The molecule has 1 heterocycles. The molecule has 18 heavy (non-hydrogen) atoms. The Morgan fingerprint density at radius 2 is 2.00 bits per heavy atom. The van der Waals surface area contributed by atoms with Gasteiger partial charge >= 0.3 is 0 Å². The lowest BCUT2D eigenvalue weighted by Crippen LogP contribution is -2.04. The summed E-state index contributed by atoms with van der Waals surface area (Å²) in [5.41, 5.74) is 1.51. The van der Waals surface area contributed by atoms with Gasteiger partial charge in [-0.05, 0) is 25.0 Å². The van der Waals surface area contributed by atoms with E-state index in [-0.39, 0.29) is 5.78 Å². The van der Waals surface area contributed by atoms with E-state index in [1.54, 1.807) is 6.07 Å². The number of hydrogen-bond acceptors (Lipinski definition) is 1. The number of rotatable bonds is 3. The molecule has 0 atom stereocenters. The molecule has 0 unspecified atom stereocenters. The molecular formula is C14H15Cl2NO. The number of carbonyl (C=O) groups excluding carboxylic acids is 1. The van der Waals surface area contributed by atoms with Crippen molar-refractivity contribution in [3.63, 3.8) is 0 Å². The highest BCUT2D eigenvalue weighted by Gasteiger charge is 2.19. The second-order valence-electron chi connectivity index (χ2n) is 4.89. The molecule has 0 aliphatic rings. The Kier molecular flexibility index (Phi) is 3.69. The quantitative estimate of drug-likeness (QED) is 0.741. The van der Waals surface area contributed by atoms with Crippen LogP contribution in [0.3, 0.4) is 0 Å². The molecule has 0 saturated carbocycles. The maximum absolute atomic E-state index is 11.7. The lowest BCUT2D eigenvalue weighted by Gasteiger charge is -2.10. The van der Waals surface area contributed by atoms with Crippen molar-refractivity contribution in [1.82, 2.24) is 4.57 Å². The third kappa shape index (κ3) is 2.27. The number of aromatic nitrogens is 1. The summed E-state index contributed by atoms with van der Waals surface area (Å²) in [6.45, 7) is 6.53. The number of ketones is 1. The molecule has 0 N–H and O–H groups in total. The van der Waals surface area contributed by atoms with Crippen molar-refractivity contribution >= 4 is 39.9 Å². The molecule has 0 bridgehead atoms. The van der Waals surface area contributed by atoms with E-state index in [0.717, 1.165) is 17.4 Å². The number of Topliss-reactive ketones (excluding diaryl/α,β-unsaturated/α-hetero) is 1. The fourth-order valence-electron chi connectivity index (χ4n) is 2.17. The average Bonchev–Trinajstić information content (AvgIpc) is 2.52. The van der Waals surface area contributed by atoms with E-state index in [9.17, 15) is 4.79 Å². The fourth-order valence-corrected chi connectivity index (χ4v) is 2.73. The summed E-state index contributed by atoms with van der Waals surface area (Å²) >= 11 is 12.4. The monoisotopic (exact) mass is 283 g/mol. The molecule has 2 aromatic rings. The zero-order valence-electron chi connectivity index (χ0n) is 10.6. The van der Waals surface area contributed by atoms with Crippen LogP contribution in [0.15, 0.2) is 18.2 Å². The van der Waals surface area contributed by atoms with Crippen LogP contribution in [0.2, 0.25) is 10.2 Å². The van der Waals surface area contributed by atoms with Gasteiger partial charge in [0.05, 0.1) is 11.1 Å². The van der Waals surface area contributed by atoms with Gasteiger partial charge in [0.1, 0.15) is 5.15 Å². The first-order chi connectivity index (χ1) is 8.41. The summed E-state index contributed by atoms with van der Waals surface area (Å²) in [6, 6.07) is 5.50. The van der Waals surface area contributed by atoms with Crippen molar-refractivity contribution in [2.45, 2.75) is 27.3 Å². The van der Waals surface area contributed by atoms with Gasteiger partial charge in [0.25, 0.3) is 0 Å². The summed E-state index contributed by atoms with van der Waals surface area (Å²) in [4.78, 5) is 11.7. The zero-order chi connectivity index (χ0) is 13.4. The van der Waals surface area contributed by atoms with Crippen molar-refractivity contribution in [1.29, 1.82) is 0 Å². The molecule has 1 aromatic heterocycles. The molecule has 0 radical (unpaired) electrons. The molecule has 0 fully saturated rings. The molecule has 0 aliphatic heterocycles. The zero-order valence-corrected chi connectivity index (χ0v) is 12.1. The Labute approximate surface area is 116 Å². The molecule has 0 saturated heterocycles. The van der Waals surface area contributed by atoms with Crippen LogP contribution >= 0.6 is 23.2 Å². The minimum absolute atomic E-state index is 0.0187. The average molecular weight is 284 g/mol. The van der Waals surface area contributed by atoms with Crippen molar-refractivity contribution in [2.75, 3.05) is 0 Å². The van der Waals surface area contributed by atoms with Crippen LogP contribution in [0.5, 0.6) is 0 Å². The van der Waals surface area contributed by atoms with Gasteiger partial charge in [0.15, 0.2) is 5.78 Å². The van der Waals surface area contributed by atoms with Gasteiger partial charge in [0.2, 0.25) is 0 Å². The van der Waals surface area contributed by atoms with Crippen molar-refractivity contribution in [3.05, 3.63) is 33.9 Å². The first kappa shape index (κ1) is 13.4. The molecule has 4 heteroatoms.